The minimum absolute atomic E-state index is 0.204. The fourth-order valence-electron chi connectivity index (χ4n) is 1.82. The number of methoxy groups -OCH3 is 1. The number of carbonyl (C=O) groups is 1. The van der Waals surface area contributed by atoms with E-state index >= 15 is 0 Å². The highest BCUT2D eigenvalue weighted by molar-refractivity contribution is 7.07. The van der Waals surface area contributed by atoms with Crippen molar-refractivity contribution in [3.05, 3.63) is 40.3 Å². The third-order valence-corrected chi connectivity index (χ3v) is 3.88. The zero-order valence-corrected chi connectivity index (χ0v) is 14.3. The third kappa shape index (κ3) is 4.67. The van der Waals surface area contributed by atoms with E-state index in [0.717, 1.165) is 5.69 Å². The van der Waals surface area contributed by atoms with Crippen LogP contribution in [-0.2, 0) is 6.61 Å². The van der Waals surface area contributed by atoms with Crippen LogP contribution in [0.15, 0.2) is 29.1 Å². The van der Waals surface area contributed by atoms with Gasteiger partial charge in [-0.2, -0.15) is 0 Å². The van der Waals surface area contributed by atoms with E-state index in [2.05, 4.69) is 10.3 Å². The van der Waals surface area contributed by atoms with Crippen molar-refractivity contribution in [3.8, 4) is 11.5 Å². The van der Waals surface area contributed by atoms with Gasteiger partial charge >= 0.3 is 0 Å². The van der Waals surface area contributed by atoms with Crippen molar-refractivity contribution in [2.45, 2.75) is 26.0 Å². The molecule has 1 aromatic heterocycles. The van der Waals surface area contributed by atoms with Crippen LogP contribution in [-0.4, -0.2) is 30.1 Å². The molecule has 23 heavy (non-hydrogen) atoms. The second-order valence-electron chi connectivity index (χ2n) is 5.68. The molecule has 0 aliphatic rings. The molecule has 124 valence electrons. The van der Waals surface area contributed by atoms with Gasteiger partial charge in [0.15, 0.2) is 11.5 Å². The lowest BCUT2D eigenvalue weighted by Crippen LogP contribution is -2.48. The topological polar surface area (TPSA) is 86.5 Å². The highest BCUT2D eigenvalue weighted by atomic mass is 32.1. The molecule has 0 radical (unpaired) electrons. The summed E-state index contributed by atoms with van der Waals surface area (Å²) in [6.07, 6.45) is 0. The van der Waals surface area contributed by atoms with Crippen molar-refractivity contribution in [3.63, 3.8) is 0 Å². The van der Waals surface area contributed by atoms with E-state index in [0.29, 0.717) is 30.2 Å². The number of rotatable bonds is 7. The number of amides is 1. The molecule has 0 aliphatic heterocycles. The van der Waals surface area contributed by atoms with Gasteiger partial charge in [0.05, 0.1) is 18.3 Å². The molecule has 0 atom stereocenters. The molecule has 2 rings (SSSR count). The van der Waals surface area contributed by atoms with Crippen LogP contribution in [0.1, 0.15) is 29.9 Å². The SMILES string of the molecule is COc1cc(C(=O)NC(C)(C)CN)ccc1OCc1cscn1. The Kier molecular flexibility index (Phi) is 5.57. The molecule has 0 aliphatic carbocycles. The summed E-state index contributed by atoms with van der Waals surface area (Å²) in [6.45, 7) is 4.44. The maximum atomic E-state index is 12.3. The van der Waals surface area contributed by atoms with Crippen LogP contribution in [0.5, 0.6) is 11.5 Å². The van der Waals surface area contributed by atoms with Gasteiger partial charge in [-0.3, -0.25) is 4.79 Å². The number of thiazole rings is 1. The van der Waals surface area contributed by atoms with Crippen LogP contribution in [0.3, 0.4) is 0 Å². The summed E-state index contributed by atoms with van der Waals surface area (Å²) < 4.78 is 11.0. The predicted octanol–water partition coefficient (Wildman–Crippen LogP) is 2.20. The molecule has 3 N–H and O–H groups in total. The van der Waals surface area contributed by atoms with Crippen LogP contribution in [0, 0.1) is 0 Å². The highest BCUT2D eigenvalue weighted by Gasteiger charge is 2.20. The van der Waals surface area contributed by atoms with Crippen molar-refractivity contribution in [2.24, 2.45) is 5.73 Å². The zero-order valence-electron chi connectivity index (χ0n) is 13.5. The molecule has 1 heterocycles. The van der Waals surface area contributed by atoms with E-state index in [1.54, 1.807) is 23.7 Å². The number of ether oxygens (including phenoxy) is 2. The Morgan fingerprint density at radius 1 is 1.39 bits per heavy atom. The van der Waals surface area contributed by atoms with Crippen LogP contribution >= 0.6 is 11.3 Å². The van der Waals surface area contributed by atoms with Gasteiger partial charge in [-0.25, -0.2) is 4.98 Å². The fraction of sp³-hybridized carbons (Fsp3) is 0.375. The molecule has 2 aromatic rings. The van der Waals surface area contributed by atoms with Gasteiger partial charge in [-0.05, 0) is 32.0 Å². The van der Waals surface area contributed by atoms with E-state index in [9.17, 15) is 4.79 Å². The minimum atomic E-state index is -0.468. The first-order chi connectivity index (χ1) is 10.9. The largest absolute Gasteiger partial charge is 0.493 e. The van der Waals surface area contributed by atoms with Crippen molar-refractivity contribution >= 4 is 17.2 Å². The van der Waals surface area contributed by atoms with Crippen molar-refractivity contribution < 1.29 is 14.3 Å². The number of nitrogens with one attached hydrogen (secondary N) is 1. The van der Waals surface area contributed by atoms with Gasteiger partial charge in [0, 0.05) is 23.0 Å². The summed E-state index contributed by atoms with van der Waals surface area (Å²) >= 11 is 1.51. The minimum Gasteiger partial charge on any atom is -0.493 e. The molecular weight excluding hydrogens is 314 g/mol. The number of benzene rings is 1. The summed E-state index contributed by atoms with van der Waals surface area (Å²) in [5, 5.41) is 4.80. The van der Waals surface area contributed by atoms with E-state index in [1.165, 1.54) is 18.4 Å². The molecule has 0 saturated heterocycles. The quantitative estimate of drug-likeness (QED) is 0.810. The van der Waals surface area contributed by atoms with Gasteiger partial charge < -0.3 is 20.5 Å². The van der Waals surface area contributed by atoms with E-state index in [4.69, 9.17) is 15.2 Å². The Balaban J connectivity index is 2.10. The monoisotopic (exact) mass is 335 g/mol. The van der Waals surface area contributed by atoms with Gasteiger partial charge in [0.25, 0.3) is 5.91 Å². The number of carbonyl (C=O) groups excluding carboxylic acids is 1. The standard InChI is InChI=1S/C16H21N3O3S/c1-16(2,9-17)19-15(20)11-4-5-13(14(6-11)21-3)22-7-12-8-23-10-18-12/h4-6,8,10H,7,9,17H2,1-3H3,(H,19,20). The van der Waals surface area contributed by atoms with Crippen molar-refractivity contribution in [1.82, 2.24) is 10.3 Å². The molecule has 6 nitrogen and oxygen atoms in total. The molecular formula is C16H21N3O3S. The van der Waals surface area contributed by atoms with Gasteiger partial charge in [0.1, 0.15) is 6.61 Å². The Labute approximate surface area is 139 Å². The average molecular weight is 335 g/mol. The first-order valence-electron chi connectivity index (χ1n) is 7.15. The van der Waals surface area contributed by atoms with Crippen LogP contribution in [0.4, 0.5) is 0 Å². The maximum absolute atomic E-state index is 12.3. The van der Waals surface area contributed by atoms with Gasteiger partial charge in [-0.15, -0.1) is 11.3 Å². The summed E-state index contributed by atoms with van der Waals surface area (Å²) in [6, 6.07) is 5.06. The molecule has 0 fully saturated rings. The second-order valence-corrected chi connectivity index (χ2v) is 6.39. The van der Waals surface area contributed by atoms with Crippen LogP contribution in [0.2, 0.25) is 0 Å². The third-order valence-electron chi connectivity index (χ3n) is 3.25. The van der Waals surface area contributed by atoms with E-state index in [-0.39, 0.29) is 5.91 Å². The smallest absolute Gasteiger partial charge is 0.251 e. The van der Waals surface area contributed by atoms with E-state index < -0.39 is 5.54 Å². The van der Waals surface area contributed by atoms with Crippen molar-refractivity contribution in [2.75, 3.05) is 13.7 Å². The number of nitrogens with two attached hydrogens (primary N) is 1. The molecule has 0 unspecified atom stereocenters. The predicted molar refractivity (Wildman–Crippen MR) is 90.0 cm³/mol. The fourth-order valence-corrected chi connectivity index (χ4v) is 2.36. The van der Waals surface area contributed by atoms with Gasteiger partial charge in [0.2, 0.25) is 0 Å². The Morgan fingerprint density at radius 3 is 2.78 bits per heavy atom. The lowest BCUT2D eigenvalue weighted by atomic mass is 10.1. The Morgan fingerprint density at radius 2 is 2.17 bits per heavy atom. The first kappa shape index (κ1) is 17.2. The maximum Gasteiger partial charge on any atom is 0.251 e. The number of hydrogen-bond acceptors (Lipinski definition) is 6. The van der Waals surface area contributed by atoms with Crippen LogP contribution in [0.25, 0.3) is 0 Å². The molecule has 0 bridgehead atoms. The highest BCUT2D eigenvalue weighted by Crippen LogP contribution is 2.29. The van der Waals surface area contributed by atoms with Crippen LogP contribution < -0.4 is 20.5 Å². The lowest BCUT2D eigenvalue weighted by molar-refractivity contribution is 0.0915. The Hall–Kier alpha value is -2.12. The number of hydrogen-bond donors (Lipinski definition) is 2. The van der Waals surface area contributed by atoms with Gasteiger partial charge in [-0.1, -0.05) is 0 Å². The second kappa shape index (κ2) is 7.43. The average Bonchev–Trinajstić information content (AvgIpc) is 3.05. The van der Waals surface area contributed by atoms with E-state index in [1.807, 2.05) is 19.2 Å². The number of aromatic nitrogens is 1. The first-order valence-corrected chi connectivity index (χ1v) is 8.10. The lowest BCUT2D eigenvalue weighted by Gasteiger charge is -2.24. The molecule has 0 saturated carbocycles. The molecule has 1 amide bonds. The normalized spacial score (nSPS) is 11.1. The summed E-state index contributed by atoms with van der Waals surface area (Å²) in [4.78, 5) is 16.4. The Bertz CT molecular complexity index is 657. The summed E-state index contributed by atoms with van der Waals surface area (Å²) in [5.74, 6) is 0.860. The summed E-state index contributed by atoms with van der Waals surface area (Å²) in [7, 11) is 1.54. The number of nitrogens with zero attached hydrogens (tertiary/aromatic N) is 1. The van der Waals surface area contributed by atoms with Crippen molar-refractivity contribution in [1.29, 1.82) is 0 Å². The molecule has 0 spiro atoms. The summed E-state index contributed by atoms with van der Waals surface area (Å²) in [5.41, 5.74) is 8.26. The molecule has 7 heteroatoms. The molecule has 1 aromatic carbocycles. The zero-order chi connectivity index (χ0) is 16.9.